The van der Waals surface area contributed by atoms with Crippen molar-refractivity contribution in [2.75, 3.05) is 13.7 Å². The zero-order chi connectivity index (χ0) is 19.4. The van der Waals surface area contributed by atoms with Crippen LogP contribution in [-0.2, 0) is 45.6 Å². The molecule has 145 valence electrons. The van der Waals surface area contributed by atoms with Crippen molar-refractivity contribution in [2.24, 2.45) is 0 Å². The maximum Gasteiger partial charge on any atom is 0.123 e. The minimum atomic E-state index is -0.186. The Morgan fingerprint density at radius 1 is 1.11 bits per heavy atom. The van der Waals surface area contributed by atoms with Gasteiger partial charge in [0.1, 0.15) is 5.82 Å². The van der Waals surface area contributed by atoms with Crippen molar-refractivity contribution in [1.82, 2.24) is 5.32 Å². The van der Waals surface area contributed by atoms with E-state index in [1.807, 2.05) is 32.0 Å². The van der Waals surface area contributed by atoms with E-state index in [9.17, 15) is 4.39 Å². The molecule has 0 saturated carbocycles. The molecule has 2 aromatic carbocycles. The number of aliphatic hydroxyl groups excluding tert-OH is 2. The third-order valence-corrected chi connectivity index (χ3v) is 4.23. The fraction of sp³-hybridized carbons (Fsp3) is 0.364. The zero-order valence-corrected chi connectivity index (χ0v) is 19.3. The van der Waals surface area contributed by atoms with Crippen LogP contribution in [-0.4, -0.2) is 23.9 Å². The molecular weight excluding hydrogens is 418 g/mol. The molecule has 3 nitrogen and oxygen atoms in total. The van der Waals surface area contributed by atoms with Gasteiger partial charge in [0.2, 0.25) is 0 Å². The molecule has 0 aromatic heterocycles. The number of hydrogen-bond acceptors (Lipinski definition) is 3. The second-order valence-corrected chi connectivity index (χ2v) is 5.70. The molecule has 0 fully saturated rings. The van der Waals surface area contributed by atoms with Crippen LogP contribution in [0.1, 0.15) is 48.6 Å². The van der Waals surface area contributed by atoms with Gasteiger partial charge in [0.15, 0.2) is 0 Å². The van der Waals surface area contributed by atoms with Crippen molar-refractivity contribution >= 4 is 6.08 Å². The van der Waals surface area contributed by atoms with Crippen LogP contribution in [0.15, 0.2) is 48.7 Å². The molecule has 27 heavy (non-hydrogen) atoms. The third kappa shape index (κ3) is 8.22. The van der Waals surface area contributed by atoms with Gasteiger partial charge in [0, 0.05) is 45.9 Å². The average molecular weight is 448 g/mol. The fourth-order valence-electron chi connectivity index (χ4n) is 3.08. The predicted octanol–water partition coefficient (Wildman–Crippen LogP) is 4.81. The number of hydrogen-bond donors (Lipinski definition) is 3. The van der Waals surface area contributed by atoms with Crippen molar-refractivity contribution in [3.63, 3.8) is 0 Å². The summed E-state index contributed by atoms with van der Waals surface area (Å²) in [6, 6.07) is 13.4. The van der Waals surface area contributed by atoms with Crippen LogP contribution < -0.4 is 5.32 Å². The second kappa shape index (κ2) is 14.9. The van der Waals surface area contributed by atoms with Gasteiger partial charge in [-0.25, -0.2) is 4.39 Å². The Morgan fingerprint density at radius 2 is 1.78 bits per heavy atom. The molecule has 1 atom stereocenters. The summed E-state index contributed by atoms with van der Waals surface area (Å²) in [4.78, 5) is 0. The number of benzene rings is 2. The van der Waals surface area contributed by atoms with Gasteiger partial charge in [0.25, 0.3) is 0 Å². The topological polar surface area (TPSA) is 52.5 Å². The maximum absolute atomic E-state index is 12.9. The molecule has 0 bridgehead atoms. The molecular formula is C22H30FNO2Y. The smallest absolute Gasteiger partial charge is 0.123 e. The van der Waals surface area contributed by atoms with Gasteiger partial charge < -0.3 is 15.5 Å². The van der Waals surface area contributed by atoms with E-state index in [-0.39, 0.29) is 38.5 Å². The van der Waals surface area contributed by atoms with Crippen molar-refractivity contribution in [3.8, 4) is 0 Å². The van der Waals surface area contributed by atoms with Crippen LogP contribution in [0.25, 0.3) is 6.08 Å². The Kier molecular flexibility index (Phi) is 14.3. The normalized spacial score (nSPS) is 14.3. The zero-order valence-electron chi connectivity index (χ0n) is 16.5. The van der Waals surface area contributed by atoms with E-state index in [0.717, 1.165) is 50.3 Å². The molecule has 1 aliphatic rings. The molecule has 1 aliphatic carbocycles. The molecule has 0 spiro atoms. The average Bonchev–Trinajstić information content (AvgIpc) is 3.09. The Bertz CT molecular complexity index is 675. The van der Waals surface area contributed by atoms with Gasteiger partial charge in [-0.1, -0.05) is 44.2 Å². The van der Waals surface area contributed by atoms with Crippen LogP contribution in [0.3, 0.4) is 0 Å². The summed E-state index contributed by atoms with van der Waals surface area (Å²) in [5, 5.41) is 19.4. The molecule has 0 saturated heterocycles. The van der Waals surface area contributed by atoms with Gasteiger partial charge in [-0.2, -0.15) is 0 Å². The van der Waals surface area contributed by atoms with Gasteiger partial charge in [-0.3, -0.25) is 0 Å². The van der Waals surface area contributed by atoms with E-state index in [0.29, 0.717) is 6.04 Å². The number of aryl methyl sites for hydroxylation is 1. The Labute approximate surface area is 187 Å². The molecule has 0 heterocycles. The molecule has 0 amide bonds. The van der Waals surface area contributed by atoms with Gasteiger partial charge >= 0.3 is 0 Å². The first-order valence-corrected chi connectivity index (χ1v) is 9.12. The van der Waals surface area contributed by atoms with Crippen LogP contribution in [0.2, 0.25) is 0 Å². The van der Waals surface area contributed by atoms with Crippen LogP contribution in [0.4, 0.5) is 4.39 Å². The van der Waals surface area contributed by atoms with E-state index in [4.69, 9.17) is 10.2 Å². The molecule has 5 heteroatoms. The van der Waals surface area contributed by atoms with E-state index >= 15 is 0 Å². The maximum atomic E-state index is 12.9. The number of rotatable bonds is 5. The molecule has 1 radical (unpaired) electrons. The van der Waals surface area contributed by atoms with E-state index in [1.165, 1.54) is 23.3 Å². The van der Waals surface area contributed by atoms with Crippen molar-refractivity contribution in [2.45, 2.75) is 39.2 Å². The molecule has 2 aromatic rings. The summed E-state index contributed by atoms with van der Waals surface area (Å²) in [7, 11) is 1.00. The predicted molar refractivity (Wildman–Crippen MR) is 107 cm³/mol. The van der Waals surface area contributed by atoms with Crippen LogP contribution in [0.5, 0.6) is 0 Å². The molecule has 3 rings (SSSR count). The minimum Gasteiger partial charge on any atom is -0.516 e. The van der Waals surface area contributed by atoms with Crippen molar-refractivity contribution < 1.29 is 47.3 Å². The summed E-state index contributed by atoms with van der Waals surface area (Å²) in [5.41, 5.74) is 4.90. The summed E-state index contributed by atoms with van der Waals surface area (Å²) in [6.07, 6.45) is 5.85. The van der Waals surface area contributed by atoms with Gasteiger partial charge in [0.05, 0.1) is 6.26 Å². The van der Waals surface area contributed by atoms with Crippen molar-refractivity contribution in [1.29, 1.82) is 0 Å². The molecule has 0 aliphatic heterocycles. The molecule has 3 N–H and O–H groups in total. The second-order valence-electron chi connectivity index (χ2n) is 5.70. The quantitative estimate of drug-likeness (QED) is 0.576. The largest absolute Gasteiger partial charge is 0.516 e. The van der Waals surface area contributed by atoms with Gasteiger partial charge in [-0.15, -0.1) is 0 Å². The summed E-state index contributed by atoms with van der Waals surface area (Å²) in [6.45, 7) is 4.88. The van der Waals surface area contributed by atoms with E-state index < -0.39 is 0 Å². The fourth-order valence-corrected chi connectivity index (χ4v) is 3.08. The number of halogens is 1. The minimum absolute atomic E-state index is 0. The van der Waals surface area contributed by atoms with Crippen LogP contribution in [0, 0.1) is 5.82 Å². The first-order valence-electron chi connectivity index (χ1n) is 9.12. The van der Waals surface area contributed by atoms with Crippen molar-refractivity contribution in [3.05, 3.63) is 76.8 Å². The van der Waals surface area contributed by atoms with E-state index in [2.05, 4.69) is 17.4 Å². The Morgan fingerprint density at radius 3 is 2.41 bits per heavy atom. The van der Waals surface area contributed by atoms with Gasteiger partial charge in [-0.05, 0) is 66.3 Å². The standard InChI is InChI=1S/C19H20FNO.C2H6.CH4O.Y/c20-17-5-1-14(2-6-17)9-11-21-19-8-4-16-13-15(10-12-22)3-7-18(16)19;2*1-2;/h1-3,5-7,10,12-13,19,21-22H,4,8-9,11H2;1-2H3;2H,1H3;/b12-10-;;;. The first kappa shape index (κ1) is 25.9. The molecule has 1 unspecified atom stereocenters. The third-order valence-electron chi connectivity index (χ3n) is 4.23. The summed E-state index contributed by atoms with van der Waals surface area (Å²) < 4.78 is 12.9. The van der Waals surface area contributed by atoms with E-state index in [1.54, 1.807) is 6.08 Å². The number of aliphatic hydroxyl groups is 2. The first-order chi connectivity index (χ1) is 12.8. The summed E-state index contributed by atoms with van der Waals surface area (Å²) in [5.74, 6) is -0.186. The SMILES string of the molecule is CC.CO.O/C=C\c1ccc2c(c1)CCC2NCCc1ccc(F)cc1.[Y]. The van der Waals surface area contributed by atoms with Crippen LogP contribution >= 0.6 is 0 Å². The monoisotopic (exact) mass is 448 g/mol. The number of fused-ring (bicyclic) bond motifs is 1. The summed E-state index contributed by atoms with van der Waals surface area (Å²) >= 11 is 0. The number of nitrogens with one attached hydrogen (secondary N) is 1. The Hall–Kier alpha value is -1.07. The Balaban J connectivity index is 0.00000127.